The van der Waals surface area contributed by atoms with Crippen LogP contribution < -0.4 is 0 Å². The molecule has 2 heterocycles. The fraction of sp³-hybridized carbons (Fsp3) is 0. The molecule has 0 aliphatic heterocycles. The van der Waals surface area contributed by atoms with Gasteiger partial charge in [0.25, 0.3) is 0 Å². The molecular weight excluding hydrogens is 208 g/mol. The minimum Gasteiger partial charge on any atom is -0.367 e. The van der Waals surface area contributed by atoms with Gasteiger partial charge in [0, 0.05) is 35.1 Å². The van der Waals surface area contributed by atoms with Gasteiger partial charge in [0.05, 0.1) is 10.5 Å². The van der Waals surface area contributed by atoms with Gasteiger partial charge in [-0.2, -0.15) is 0 Å². The third-order valence-electron chi connectivity index (χ3n) is 2.56. The Morgan fingerprint density at radius 2 is 1.93 bits per heavy atom. The van der Waals surface area contributed by atoms with Crippen molar-refractivity contribution in [2.24, 2.45) is 0 Å². The third-order valence-corrected chi connectivity index (χ3v) is 2.88. The number of aromatic amines is 2. The summed E-state index contributed by atoms with van der Waals surface area (Å²) in [5, 5.41) is 1.94. The molecule has 0 atom stereocenters. The van der Waals surface area contributed by atoms with Crippen LogP contribution in [0.4, 0.5) is 0 Å². The summed E-state index contributed by atoms with van der Waals surface area (Å²) in [4.78, 5) is 6.26. The number of H-pyrrole nitrogens is 2. The van der Waals surface area contributed by atoms with Crippen LogP contribution >= 0.6 is 11.6 Å². The van der Waals surface area contributed by atoms with E-state index in [4.69, 9.17) is 11.6 Å². The molecule has 0 aliphatic carbocycles. The zero-order valence-electron chi connectivity index (χ0n) is 7.92. The molecule has 15 heavy (non-hydrogen) atoms. The summed E-state index contributed by atoms with van der Waals surface area (Å²) in [5.41, 5.74) is 3.25. The molecule has 3 heteroatoms. The number of halogens is 1. The van der Waals surface area contributed by atoms with Crippen molar-refractivity contribution in [2.45, 2.75) is 0 Å². The molecule has 0 saturated heterocycles. The molecule has 0 spiro atoms. The van der Waals surface area contributed by atoms with Gasteiger partial charge >= 0.3 is 0 Å². The molecule has 0 fully saturated rings. The molecule has 0 saturated carbocycles. The fourth-order valence-corrected chi connectivity index (χ4v) is 2.13. The Bertz CT molecular complexity index is 593. The van der Waals surface area contributed by atoms with Gasteiger partial charge in [-0.15, -0.1) is 0 Å². The molecule has 2 nitrogen and oxygen atoms in total. The molecule has 1 aromatic carbocycles. The Hall–Kier alpha value is -1.67. The first-order valence-electron chi connectivity index (χ1n) is 4.75. The summed E-state index contributed by atoms with van der Waals surface area (Å²) >= 11 is 6.22. The second-order valence-electron chi connectivity index (χ2n) is 3.46. The minimum atomic E-state index is 0.768. The van der Waals surface area contributed by atoms with Crippen LogP contribution in [0.5, 0.6) is 0 Å². The highest BCUT2D eigenvalue weighted by Crippen LogP contribution is 2.33. The Kier molecular flexibility index (Phi) is 1.82. The molecule has 3 rings (SSSR count). The van der Waals surface area contributed by atoms with Crippen molar-refractivity contribution in [3.05, 3.63) is 47.9 Å². The Morgan fingerprint density at radius 1 is 1.00 bits per heavy atom. The lowest BCUT2D eigenvalue weighted by molar-refractivity contribution is 1.41. The van der Waals surface area contributed by atoms with Crippen LogP contribution in [0, 0.1) is 0 Å². The van der Waals surface area contributed by atoms with E-state index in [2.05, 4.69) is 9.97 Å². The molecule has 74 valence electrons. The SMILES string of the molecule is Clc1ccc2cc[nH]c2c1-c1cc[nH]c1. The molecule has 0 unspecified atom stereocenters. The highest BCUT2D eigenvalue weighted by atomic mass is 35.5. The van der Waals surface area contributed by atoms with Crippen molar-refractivity contribution in [1.82, 2.24) is 9.97 Å². The number of aromatic nitrogens is 2. The van der Waals surface area contributed by atoms with E-state index in [1.165, 1.54) is 5.39 Å². The maximum Gasteiger partial charge on any atom is 0.0549 e. The van der Waals surface area contributed by atoms with Gasteiger partial charge in [-0.25, -0.2) is 0 Å². The normalized spacial score (nSPS) is 11.0. The largest absolute Gasteiger partial charge is 0.367 e. The van der Waals surface area contributed by atoms with Crippen molar-refractivity contribution in [1.29, 1.82) is 0 Å². The number of hydrogen-bond acceptors (Lipinski definition) is 0. The van der Waals surface area contributed by atoms with Crippen molar-refractivity contribution in [3.8, 4) is 11.1 Å². The first-order chi connectivity index (χ1) is 7.36. The average Bonchev–Trinajstić information content (AvgIpc) is 2.85. The van der Waals surface area contributed by atoms with Gasteiger partial charge < -0.3 is 9.97 Å². The fourth-order valence-electron chi connectivity index (χ4n) is 1.86. The van der Waals surface area contributed by atoms with E-state index >= 15 is 0 Å². The van der Waals surface area contributed by atoms with Crippen LogP contribution in [0.2, 0.25) is 5.02 Å². The van der Waals surface area contributed by atoms with Crippen molar-refractivity contribution in [2.75, 3.05) is 0 Å². The highest BCUT2D eigenvalue weighted by molar-refractivity contribution is 6.34. The van der Waals surface area contributed by atoms with Gasteiger partial charge in [-0.05, 0) is 18.2 Å². The number of rotatable bonds is 1. The summed E-state index contributed by atoms with van der Waals surface area (Å²) in [6, 6.07) is 8.01. The van der Waals surface area contributed by atoms with E-state index < -0.39 is 0 Å². The maximum absolute atomic E-state index is 6.22. The third kappa shape index (κ3) is 1.26. The van der Waals surface area contributed by atoms with E-state index in [0.717, 1.165) is 21.7 Å². The quantitative estimate of drug-likeness (QED) is 0.620. The summed E-state index contributed by atoms with van der Waals surface area (Å²) in [6.45, 7) is 0. The predicted molar refractivity (Wildman–Crippen MR) is 63.1 cm³/mol. The van der Waals surface area contributed by atoms with E-state index in [9.17, 15) is 0 Å². The average molecular weight is 217 g/mol. The first kappa shape index (κ1) is 8.62. The standard InChI is InChI=1S/C12H9ClN2/c13-10-2-1-8-4-6-15-12(8)11(10)9-3-5-14-7-9/h1-7,14-15H. The molecule has 2 N–H and O–H groups in total. The number of hydrogen-bond donors (Lipinski definition) is 2. The Balaban J connectivity index is 2.41. The number of nitrogens with one attached hydrogen (secondary N) is 2. The van der Waals surface area contributed by atoms with E-state index in [1.807, 2.05) is 42.9 Å². The summed E-state index contributed by atoms with van der Waals surface area (Å²) < 4.78 is 0. The molecule has 0 amide bonds. The monoisotopic (exact) mass is 216 g/mol. The first-order valence-corrected chi connectivity index (χ1v) is 5.13. The topological polar surface area (TPSA) is 31.6 Å². The van der Waals surface area contributed by atoms with E-state index in [0.29, 0.717) is 0 Å². The van der Waals surface area contributed by atoms with Crippen molar-refractivity contribution >= 4 is 22.5 Å². The summed E-state index contributed by atoms with van der Waals surface area (Å²) in [7, 11) is 0. The summed E-state index contributed by atoms with van der Waals surface area (Å²) in [5.74, 6) is 0. The van der Waals surface area contributed by atoms with Gasteiger partial charge in [0.15, 0.2) is 0 Å². The lowest BCUT2D eigenvalue weighted by Gasteiger charge is -2.03. The van der Waals surface area contributed by atoms with Crippen LogP contribution in [0.3, 0.4) is 0 Å². The maximum atomic E-state index is 6.22. The van der Waals surface area contributed by atoms with Crippen LogP contribution in [-0.2, 0) is 0 Å². The Morgan fingerprint density at radius 3 is 2.73 bits per heavy atom. The minimum absolute atomic E-state index is 0.768. The van der Waals surface area contributed by atoms with Crippen molar-refractivity contribution in [3.63, 3.8) is 0 Å². The molecule has 2 aromatic heterocycles. The van der Waals surface area contributed by atoms with Gasteiger partial charge in [-0.1, -0.05) is 17.7 Å². The lowest BCUT2D eigenvalue weighted by Crippen LogP contribution is -1.79. The van der Waals surface area contributed by atoms with Crippen LogP contribution in [0.25, 0.3) is 22.0 Å². The molecule has 3 aromatic rings. The molecular formula is C12H9ClN2. The van der Waals surface area contributed by atoms with E-state index in [1.54, 1.807) is 0 Å². The lowest BCUT2D eigenvalue weighted by atomic mass is 10.1. The van der Waals surface area contributed by atoms with Gasteiger partial charge in [-0.3, -0.25) is 0 Å². The number of fused-ring (bicyclic) bond motifs is 1. The predicted octanol–water partition coefficient (Wildman–Crippen LogP) is 3.82. The smallest absolute Gasteiger partial charge is 0.0549 e. The van der Waals surface area contributed by atoms with Gasteiger partial charge in [0.1, 0.15) is 0 Å². The summed E-state index contributed by atoms with van der Waals surface area (Å²) in [6.07, 6.45) is 5.77. The van der Waals surface area contributed by atoms with E-state index in [-0.39, 0.29) is 0 Å². The zero-order valence-corrected chi connectivity index (χ0v) is 8.68. The van der Waals surface area contributed by atoms with Crippen LogP contribution in [0.15, 0.2) is 42.9 Å². The van der Waals surface area contributed by atoms with Crippen LogP contribution in [0.1, 0.15) is 0 Å². The van der Waals surface area contributed by atoms with Crippen LogP contribution in [-0.4, -0.2) is 9.97 Å². The van der Waals surface area contributed by atoms with Crippen molar-refractivity contribution < 1.29 is 0 Å². The highest BCUT2D eigenvalue weighted by Gasteiger charge is 2.09. The Labute approximate surface area is 91.9 Å². The second kappa shape index (κ2) is 3.17. The number of benzene rings is 1. The second-order valence-corrected chi connectivity index (χ2v) is 3.87. The zero-order chi connectivity index (χ0) is 10.3. The molecule has 0 aliphatic rings. The molecule has 0 bridgehead atoms. The molecule has 0 radical (unpaired) electrons. The van der Waals surface area contributed by atoms with Gasteiger partial charge in [0.2, 0.25) is 0 Å².